The van der Waals surface area contributed by atoms with Crippen LogP contribution in [0.5, 0.6) is 17.2 Å². The van der Waals surface area contributed by atoms with Crippen LogP contribution in [-0.2, 0) is 0 Å². The zero-order chi connectivity index (χ0) is 13.5. The molecule has 0 heterocycles. The lowest BCUT2D eigenvalue weighted by molar-refractivity contribution is 0.273. The van der Waals surface area contributed by atoms with E-state index >= 15 is 0 Å². The molecule has 2 rings (SSSR count). The van der Waals surface area contributed by atoms with E-state index < -0.39 is 0 Å². The zero-order valence-corrected chi connectivity index (χ0v) is 11.8. The van der Waals surface area contributed by atoms with Crippen LogP contribution in [0.2, 0.25) is 0 Å². The van der Waals surface area contributed by atoms with Gasteiger partial charge in [0.05, 0.1) is 6.61 Å². The Morgan fingerprint density at radius 1 is 0.895 bits per heavy atom. The normalized spacial score (nSPS) is 11.9. The van der Waals surface area contributed by atoms with Crippen LogP contribution >= 0.6 is 12.6 Å². The number of para-hydroxylation sites is 1. The summed E-state index contributed by atoms with van der Waals surface area (Å²) in [5.41, 5.74) is 0. The van der Waals surface area contributed by atoms with E-state index in [0.717, 1.165) is 23.0 Å². The number of thiol groups is 1. The highest BCUT2D eigenvalue weighted by Crippen LogP contribution is 2.23. The Kier molecular flexibility index (Phi) is 5.16. The molecule has 0 bridgehead atoms. The molecule has 0 saturated carbocycles. The van der Waals surface area contributed by atoms with Gasteiger partial charge in [-0.15, -0.1) is 0 Å². The lowest BCUT2D eigenvalue weighted by atomic mass is 10.2. The summed E-state index contributed by atoms with van der Waals surface area (Å²) in [7, 11) is 0. The third kappa shape index (κ3) is 4.52. The van der Waals surface area contributed by atoms with Gasteiger partial charge in [0.25, 0.3) is 0 Å². The summed E-state index contributed by atoms with van der Waals surface area (Å²) in [5, 5.41) is 0. The minimum absolute atomic E-state index is 0.448. The van der Waals surface area contributed by atoms with Gasteiger partial charge in [0.2, 0.25) is 0 Å². The molecule has 0 aliphatic rings. The molecule has 2 aromatic rings. The maximum absolute atomic E-state index is 5.71. The summed E-state index contributed by atoms with van der Waals surface area (Å²) in [4.78, 5) is 0. The molecule has 2 nitrogen and oxygen atoms in total. The van der Waals surface area contributed by atoms with Crippen LogP contribution in [0.15, 0.2) is 54.6 Å². The molecule has 19 heavy (non-hydrogen) atoms. The highest BCUT2D eigenvalue weighted by atomic mass is 32.1. The quantitative estimate of drug-likeness (QED) is 0.786. The molecular formula is C16H18O2S. The average molecular weight is 274 g/mol. The molecule has 0 spiro atoms. The Labute approximate surface area is 119 Å². The molecule has 0 aliphatic carbocycles. The van der Waals surface area contributed by atoms with E-state index in [0.29, 0.717) is 12.5 Å². The first kappa shape index (κ1) is 13.8. The molecule has 2 aromatic carbocycles. The summed E-state index contributed by atoms with van der Waals surface area (Å²) in [6, 6.07) is 17.4. The van der Waals surface area contributed by atoms with E-state index in [1.165, 1.54) is 0 Å². The van der Waals surface area contributed by atoms with Gasteiger partial charge in [-0.2, -0.15) is 12.6 Å². The monoisotopic (exact) mass is 274 g/mol. The first-order valence-corrected chi connectivity index (χ1v) is 6.98. The van der Waals surface area contributed by atoms with Crippen molar-refractivity contribution in [1.29, 1.82) is 0 Å². The van der Waals surface area contributed by atoms with Gasteiger partial charge in [-0.1, -0.05) is 25.1 Å². The zero-order valence-electron chi connectivity index (χ0n) is 11.0. The number of ether oxygens (including phenoxy) is 2. The second-order valence-corrected chi connectivity index (χ2v) is 4.85. The average Bonchev–Trinajstić information content (AvgIpc) is 2.47. The van der Waals surface area contributed by atoms with Crippen LogP contribution in [0.4, 0.5) is 0 Å². The van der Waals surface area contributed by atoms with Gasteiger partial charge in [0.1, 0.15) is 17.2 Å². The number of hydrogen-bond donors (Lipinski definition) is 1. The third-order valence-corrected chi connectivity index (χ3v) is 3.27. The predicted octanol–water partition coefficient (Wildman–Crippen LogP) is 4.42. The lowest BCUT2D eigenvalue weighted by Gasteiger charge is -2.11. The van der Waals surface area contributed by atoms with Crippen molar-refractivity contribution in [2.45, 2.75) is 6.92 Å². The Morgan fingerprint density at radius 3 is 2.11 bits per heavy atom. The Bertz CT molecular complexity index is 482. The fourth-order valence-corrected chi connectivity index (χ4v) is 1.63. The second-order valence-electron chi connectivity index (χ2n) is 4.49. The molecule has 0 N–H and O–H groups in total. The molecule has 0 amide bonds. The molecule has 1 atom stereocenters. The van der Waals surface area contributed by atoms with Crippen LogP contribution in [0, 0.1) is 5.92 Å². The Morgan fingerprint density at radius 2 is 1.47 bits per heavy atom. The highest BCUT2D eigenvalue weighted by molar-refractivity contribution is 7.80. The minimum Gasteiger partial charge on any atom is -0.493 e. The Balaban J connectivity index is 1.91. The van der Waals surface area contributed by atoms with E-state index in [-0.39, 0.29) is 0 Å². The Hall–Kier alpha value is -1.61. The van der Waals surface area contributed by atoms with Gasteiger partial charge in [-0.05, 0) is 48.1 Å². The van der Waals surface area contributed by atoms with E-state index in [9.17, 15) is 0 Å². The molecule has 0 radical (unpaired) electrons. The smallest absolute Gasteiger partial charge is 0.127 e. The van der Waals surface area contributed by atoms with Crippen molar-refractivity contribution in [1.82, 2.24) is 0 Å². The summed E-state index contributed by atoms with van der Waals surface area (Å²) in [6.45, 7) is 2.79. The largest absolute Gasteiger partial charge is 0.493 e. The van der Waals surface area contributed by atoms with Crippen molar-refractivity contribution < 1.29 is 9.47 Å². The summed E-state index contributed by atoms with van der Waals surface area (Å²) >= 11 is 4.23. The van der Waals surface area contributed by atoms with Crippen LogP contribution < -0.4 is 9.47 Å². The van der Waals surface area contributed by atoms with Gasteiger partial charge in [-0.25, -0.2) is 0 Å². The van der Waals surface area contributed by atoms with Gasteiger partial charge in [0.15, 0.2) is 0 Å². The van der Waals surface area contributed by atoms with Gasteiger partial charge < -0.3 is 9.47 Å². The summed E-state index contributed by atoms with van der Waals surface area (Å²) in [5.74, 6) is 3.77. The topological polar surface area (TPSA) is 18.5 Å². The van der Waals surface area contributed by atoms with Gasteiger partial charge in [0, 0.05) is 0 Å². The van der Waals surface area contributed by atoms with Gasteiger partial charge in [-0.3, -0.25) is 0 Å². The highest BCUT2D eigenvalue weighted by Gasteiger charge is 2.01. The molecule has 1 unspecified atom stereocenters. The second kappa shape index (κ2) is 7.10. The SMILES string of the molecule is CC(CS)COc1ccc(Oc2ccccc2)cc1. The molecule has 0 aliphatic heterocycles. The van der Waals surface area contributed by atoms with Gasteiger partial charge >= 0.3 is 0 Å². The van der Waals surface area contributed by atoms with Crippen molar-refractivity contribution >= 4 is 12.6 Å². The van der Waals surface area contributed by atoms with E-state index in [2.05, 4.69) is 19.6 Å². The van der Waals surface area contributed by atoms with Crippen molar-refractivity contribution in [2.24, 2.45) is 5.92 Å². The molecule has 0 aromatic heterocycles. The molecular weight excluding hydrogens is 256 g/mol. The number of benzene rings is 2. The first-order valence-electron chi connectivity index (χ1n) is 6.34. The molecule has 100 valence electrons. The van der Waals surface area contributed by atoms with Crippen LogP contribution in [-0.4, -0.2) is 12.4 Å². The summed E-state index contributed by atoms with van der Waals surface area (Å²) in [6.07, 6.45) is 0. The number of rotatable bonds is 6. The maximum Gasteiger partial charge on any atom is 0.127 e. The van der Waals surface area contributed by atoms with Crippen LogP contribution in [0.25, 0.3) is 0 Å². The standard InChI is InChI=1S/C16H18O2S/c1-13(12-19)11-17-14-7-9-16(10-8-14)18-15-5-3-2-4-6-15/h2-10,13,19H,11-12H2,1H3. The fraction of sp³-hybridized carbons (Fsp3) is 0.250. The minimum atomic E-state index is 0.448. The fourth-order valence-electron chi connectivity index (χ4n) is 1.52. The molecule has 0 saturated heterocycles. The van der Waals surface area contributed by atoms with Crippen LogP contribution in [0.1, 0.15) is 6.92 Å². The lowest BCUT2D eigenvalue weighted by Crippen LogP contribution is -2.09. The molecule has 0 fully saturated rings. The van der Waals surface area contributed by atoms with Crippen molar-refractivity contribution in [3.05, 3.63) is 54.6 Å². The van der Waals surface area contributed by atoms with Crippen molar-refractivity contribution in [3.8, 4) is 17.2 Å². The van der Waals surface area contributed by atoms with Crippen LogP contribution in [0.3, 0.4) is 0 Å². The van der Waals surface area contributed by atoms with Crippen molar-refractivity contribution in [2.75, 3.05) is 12.4 Å². The van der Waals surface area contributed by atoms with Crippen molar-refractivity contribution in [3.63, 3.8) is 0 Å². The predicted molar refractivity (Wildman–Crippen MR) is 81.5 cm³/mol. The molecule has 3 heteroatoms. The van der Waals surface area contributed by atoms with E-state index in [4.69, 9.17) is 9.47 Å². The van der Waals surface area contributed by atoms with E-state index in [1.54, 1.807) is 0 Å². The first-order chi connectivity index (χ1) is 9.28. The van der Waals surface area contributed by atoms with E-state index in [1.807, 2.05) is 54.6 Å². The third-order valence-electron chi connectivity index (χ3n) is 2.65. The number of hydrogen-bond acceptors (Lipinski definition) is 3. The summed E-state index contributed by atoms with van der Waals surface area (Å²) < 4.78 is 11.4. The maximum atomic E-state index is 5.71.